The maximum atomic E-state index is 12.6. The SMILES string of the molecule is CCc1cc(=O)[nH]c([C@@H]2CCCN2C(=O)c2cc(C)no2)n1. The largest absolute Gasteiger partial charge is 0.351 e. The average molecular weight is 302 g/mol. The number of carbonyl (C=O) groups is 1. The molecule has 1 aliphatic heterocycles. The molecule has 2 aromatic rings. The maximum absolute atomic E-state index is 12.6. The Kier molecular flexibility index (Phi) is 3.79. The van der Waals surface area contributed by atoms with Crippen LogP contribution in [0.5, 0.6) is 0 Å². The van der Waals surface area contributed by atoms with Gasteiger partial charge in [-0.1, -0.05) is 12.1 Å². The number of aromatic nitrogens is 3. The third kappa shape index (κ3) is 2.66. The lowest BCUT2D eigenvalue weighted by atomic mass is 10.2. The Morgan fingerprint density at radius 1 is 1.50 bits per heavy atom. The Balaban J connectivity index is 1.91. The summed E-state index contributed by atoms with van der Waals surface area (Å²) in [5, 5.41) is 3.75. The average Bonchev–Trinajstić information content (AvgIpc) is 3.14. The van der Waals surface area contributed by atoms with Crippen LogP contribution in [-0.2, 0) is 6.42 Å². The molecule has 1 aliphatic rings. The van der Waals surface area contributed by atoms with E-state index in [1.165, 1.54) is 6.07 Å². The van der Waals surface area contributed by atoms with Crippen LogP contribution in [0, 0.1) is 6.92 Å². The van der Waals surface area contributed by atoms with E-state index in [0.717, 1.165) is 18.5 Å². The van der Waals surface area contributed by atoms with Gasteiger partial charge in [0.05, 0.1) is 11.7 Å². The summed E-state index contributed by atoms with van der Waals surface area (Å²) in [7, 11) is 0. The third-order valence-electron chi connectivity index (χ3n) is 3.84. The van der Waals surface area contributed by atoms with Gasteiger partial charge < -0.3 is 14.4 Å². The first-order valence-electron chi connectivity index (χ1n) is 7.43. The third-order valence-corrected chi connectivity index (χ3v) is 3.84. The zero-order valence-corrected chi connectivity index (χ0v) is 12.6. The fourth-order valence-electron chi connectivity index (χ4n) is 2.77. The van der Waals surface area contributed by atoms with Crippen molar-refractivity contribution in [1.29, 1.82) is 0 Å². The fraction of sp³-hybridized carbons (Fsp3) is 0.467. The van der Waals surface area contributed by atoms with E-state index in [0.29, 0.717) is 24.5 Å². The summed E-state index contributed by atoms with van der Waals surface area (Å²) in [4.78, 5) is 33.2. The van der Waals surface area contributed by atoms with Crippen LogP contribution in [0.15, 0.2) is 21.5 Å². The molecule has 1 fully saturated rings. The van der Waals surface area contributed by atoms with Crippen LogP contribution in [0.4, 0.5) is 0 Å². The van der Waals surface area contributed by atoms with Gasteiger partial charge in [0.25, 0.3) is 11.5 Å². The van der Waals surface area contributed by atoms with Crippen LogP contribution >= 0.6 is 0 Å². The fourth-order valence-corrected chi connectivity index (χ4v) is 2.77. The van der Waals surface area contributed by atoms with Gasteiger partial charge in [-0.3, -0.25) is 9.59 Å². The quantitative estimate of drug-likeness (QED) is 0.929. The van der Waals surface area contributed by atoms with Gasteiger partial charge >= 0.3 is 0 Å². The molecule has 7 heteroatoms. The van der Waals surface area contributed by atoms with Crippen LogP contribution in [-0.4, -0.2) is 32.5 Å². The molecule has 0 unspecified atom stereocenters. The lowest BCUT2D eigenvalue weighted by Crippen LogP contribution is -2.32. The van der Waals surface area contributed by atoms with Crippen molar-refractivity contribution in [3.05, 3.63) is 45.5 Å². The summed E-state index contributed by atoms with van der Waals surface area (Å²) in [5.74, 6) is 0.553. The first-order valence-corrected chi connectivity index (χ1v) is 7.43. The molecular formula is C15H18N4O3. The normalized spacial score (nSPS) is 17.9. The summed E-state index contributed by atoms with van der Waals surface area (Å²) < 4.78 is 5.06. The van der Waals surface area contributed by atoms with E-state index in [-0.39, 0.29) is 23.3 Å². The summed E-state index contributed by atoms with van der Waals surface area (Å²) in [6.45, 7) is 4.33. The monoisotopic (exact) mass is 302 g/mol. The minimum absolute atomic E-state index is 0.184. The second-order valence-electron chi connectivity index (χ2n) is 5.46. The number of hydrogen-bond donors (Lipinski definition) is 1. The van der Waals surface area contributed by atoms with Crippen molar-refractivity contribution in [3.63, 3.8) is 0 Å². The van der Waals surface area contributed by atoms with E-state index in [1.54, 1.807) is 17.9 Å². The summed E-state index contributed by atoms with van der Waals surface area (Å²) in [5.41, 5.74) is 1.21. The van der Waals surface area contributed by atoms with E-state index in [2.05, 4.69) is 15.1 Å². The van der Waals surface area contributed by atoms with E-state index < -0.39 is 0 Å². The van der Waals surface area contributed by atoms with Crippen LogP contribution in [0.1, 0.15) is 53.6 Å². The standard InChI is InChI=1S/C15H18N4O3/c1-3-10-8-13(20)17-14(16-10)11-5-4-6-19(11)15(21)12-7-9(2)18-22-12/h7-8,11H,3-6H2,1-2H3,(H,16,17,20)/t11-/m0/s1. The number of nitrogens with one attached hydrogen (secondary N) is 1. The first kappa shape index (κ1) is 14.5. The van der Waals surface area contributed by atoms with Gasteiger partial charge in [0.1, 0.15) is 5.82 Å². The predicted molar refractivity (Wildman–Crippen MR) is 78.5 cm³/mol. The number of likely N-dealkylation sites (tertiary alicyclic amines) is 1. The van der Waals surface area contributed by atoms with Crippen LogP contribution in [0.25, 0.3) is 0 Å². The first-order chi connectivity index (χ1) is 10.6. The molecule has 3 rings (SSSR count). The lowest BCUT2D eigenvalue weighted by Gasteiger charge is -2.22. The molecule has 7 nitrogen and oxygen atoms in total. The van der Waals surface area contributed by atoms with Gasteiger partial charge in [-0.05, 0) is 26.2 Å². The molecule has 0 saturated carbocycles. The number of aryl methyl sites for hydroxylation is 2. The van der Waals surface area contributed by atoms with Crippen LogP contribution in [0.2, 0.25) is 0 Å². The van der Waals surface area contributed by atoms with E-state index >= 15 is 0 Å². The van der Waals surface area contributed by atoms with Gasteiger partial charge in [-0.25, -0.2) is 4.98 Å². The van der Waals surface area contributed by atoms with Gasteiger partial charge in [-0.2, -0.15) is 0 Å². The second-order valence-corrected chi connectivity index (χ2v) is 5.46. The van der Waals surface area contributed by atoms with Gasteiger partial charge in [-0.15, -0.1) is 0 Å². The molecule has 0 aliphatic carbocycles. The van der Waals surface area contributed by atoms with Crippen LogP contribution < -0.4 is 5.56 Å². The Morgan fingerprint density at radius 3 is 3.00 bits per heavy atom. The Morgan fingerprint density at radius 2 is 2.32 bits per heavy atom. The number of nitrogens with zero attached hydrogens (tertiary/aromatic N) is 3. The Hall–Kier alpha value is -2.44. The minimum atomic E-state index is -0.225. The molecule has 22 heavy (non-hydrogen) atoms. The number of amides is 1. The summed E-state index contributed by atoms with van der Waals surface area (Å²) in [6.07, 6.45) is 2.32. The highest BCUT2D eigenvalue weighted by Crippen LogP contribution is 2.31. The molecule has 2 aromatic heterocycles. The number of rotatable bonds is 3. The highest BCUT2D eigenvalue weighted by Gasteiger charge is 2.34. The van der Waals surface area contributed by atoms with Crippen molar-refractivity contribution in [1.82, 2.24) is 20.0 Å². The van der Waals surface area contributed by atoms with Crippen molar-refractivity contribution < 1.29 is 9.32 Å². The van der Waals surface area contributed by atoms with Crippen molar-refractivity contribution in [2.75, 3.05) is 6.54 Å². The van der Waals surface area contributed by atoms with Gasteiger partial charge in [0.15, 0.2) is 0 Å². The van der Waals surface area contributed by atoms with E-state index in [4.69, 9.17) is 4.52 Å². The topological polar surface area (TPSA) is 92.1 Å². The molecule has 1 amide bonds. The molecule has 0 spiro atoms. The smallest absolute Gasteiger partial charge is 0.293 e. The molecule has 0 bridgehead atoms. The molecule has 1 atom stereocenters. The molecule has 1 saturated heterocycles. The molecule has 0 radical (unpaired) electrons. The highest BCUT2D eigenvalue weighted by atomic mass is 16.5. The van der Waals surface area contributed by atoms with E-state index in [1.807, 2.05) is 6.92 Å². The lowest BCUT2D eigenvalue weighted by molar-refractivity contribution is 0.0687. The highest BCUT2D eigenvalue weighted by molar-refractivity contribution is 5.91. The summed E-state index contributed by atoms with van der Waals surface area (Å²) >= 11 is 0. The van der Waals surface area contributed by atoms with E-state index in [9.17, 15) is 9.59 Å². The molecule has 1 N–H and O–H groups in total. The number of carbonyl (C=O) groups excluding carboxylic acids is 1. The minimum Gasteiger partial charge on any atom is -0.351 e. The van der Waals surface area contributed by atoms with Gasteiger partial charge in [0, 0.05) is 24.4 Å². The predicted octanol–water partition coefficient (Wildman–Crippen LogP) is 1.61. The number of aromatic amines is 1. The molecule has 116 valence electrons. The second kappa shape index (κ2) is 5.75. The molecule has 0 aromatic carbocycles. The van der Waals surface area contributed by atoms with Crippen molar-refractivity contribution in [2.45, 2.75) is 39.2 Å². The van der Waals surface area contributed by atoms with Crippen molar-refractivity contribution >= 4 is 5.91 Å². The maximum Gasteiger partial charge on any atom is 0.293 e. The Bertz CT molecular complexity index is 749. The zero-order valence-electron chi connectivity index (χ0n) is 12.6. The zero-order chi connectivity index (χ0) is 15.7. The van der Waals surface area contributed by atoms with Crippen molar-refractivity contribution in [2.24, 2.45) is 0 Å². The number of H-pyrrole nitrogens is 1. The molecular weight excluding hydrogens is 284 g/mol. The van der Waals surface area contributed by atoms with Gasteiger partial charge in [0.2, 0.25) is 5.76 Å². The number of hydrogen-bond acceptors (Lipinski definition) is 5. The Labute approximate surface area is 127 Å². The molecule has 3 heterocycles. The van der Waals surface area contributed by atoms with Crippen LogP contribution in [0.3, 0.4) is 0 Å². The van der Waals surface area contributed by atoms with Crippen molar-refractivity contribution in [3.8, 4) is 0 Å². The summed E-state index contributed by atoms with van der Waals surface area (Å²) in [6, 6.07) is 2.89.